The number of hydrogen-bond donors (Lipinski definition) is 1. The van der Waals surface area contributed by atoms with Gasteiger partial charge in [0.15, 0.2) is 0 Å². The van der Waals surface area contributed by atoms with E-state index in [0.29, 0.717) is 12.4 Å². The minimum absolute atomic E-state index is 0.0978. The number of nitrogens with zero attached hydrogens (tertiary/aromatic N) is 2. The first-order valence-corrected chi connectivity index (χ1v) is 8.92. The van der Waals surface area contributed by atoms with Gasteiger partial charge in [-0.05, 0) is 45.2 Å². The number of ether oxygens (including phenoxy) is 1. The van der Waals surface area contributed by atoms with Gasteiger partial charge in [-0.25, -0.2) is 13.6 Å². The maximum absolute atomic E-state index is 11.2. The van der Waals surface area contributed by atoms with E-state index in [1.165, 1.54) is 12.1 Å². The zero-order chi connectivity index (χ0) is 16.4. The third-order valence-corrected chi connectivity index (χ3v) is 5.15. The second kappa shape index (κ2) is 6.54. The van der Waals surface area contributed by atoms with Gasteiger partial charge < -0.3 is 4.74 Å². The maximum Gasteiger partial charge on any atom is 0.238 e. The predicted octanol–water partition coefficient (Wildman–Crippen LogP) is 0.739. The standard InChI is InChI=1S/C15H25N3O3S/c1-15(2)12-18(9-8-17(15)3)10-11-21-13-4-6-14(7-5-13)22(16,19)20/h4-7H,8-12H2,1-3H3,(H2,16,19,20). The number of hydrogen-bond acceptors (Lipinski definition) is 5. The molecule has 22 heavy (non-hydrogen) atoms. The Hall–Kier alpha value is -1.15. The lowest BCUT2D eigenvalue weighted by molar-refractivity contribution is 0.0338. The Labute approximate surface area is 132 Å². The fourth-order valence-corrected chi connectivity index (χ4v) is 3.07. The fourth-order valence-electron chi connectivity index (χ4n) is 2.55. The molecule has 1 fully saturated rings. The van der Waals surface area contributed by atoms with Crippen molar-refractivity contribution in [1.82, 2.24) is 9.80 Å². The normalized spacial score (nSPS) is 20.0. The van der Waals surface area contributed by atoms with Crippen molar-refractivity contribution in [3.8, 4) is 5.75 Å². The molecule has 0 bridgehead atoms. The molecule has 0 saturated carbocycles. The summed E-state index contributed by atoms with van der Waals surface area (Å²) >= 11 is 0. The molecule has 0 radical (unpaired) electrons. The summed E-state index contributed by atoms with van der Waals surface area (Å²) in [4.78, 5) is 4.86. The van der Waals surface area contributed by atoms with Crippen molar-refractivity contribution >= 4 is 10.0 Å². The molecule has 1 aliphatic heterocycles. The molecule has 0 unspecified atom stereocenters. The average molecular weight is 327 g/mol. The molecular formula is C15H25N3O3S. The van der Waals surface area contributed by atoms with Crippen LogP contribution >= 0.6 is 0 Å². The summed E-state index contributed by atoms with van der Waals surface area (Å²) in [6, 6.07) is 6.19. The second-order valence-corrected chi connectivity index (χ2v) is 7.94. The van der Waals surface area contributed by atoms with E-state index >= 15 is 0 Å². The molecule has 0 aliphatic carbocycles. The Balaban J connectivity index is 1.82. The minimum atomic E-state index is -3.64. The van der Waals surface area contributed by atoms with Crippen LogP contribution in [-0.4, -0.2) is 63.6 Å². The quantitative estimate of drug-likeness (QED) is 0.863. The Morgan fingerprint density at radius 2 is 1.86 bits per heavy atom. The number of primary sulfonamides is 1. The Bertz CT molecular complexity index is 599. The lowest BCUT2D eigenvalue weighted by atomic mass is 10.00. The van der Waals surface area contributed by atoms with Gasteiger partial charge in [0, 0.05) is 31.7 Å². The Kier molecular flexibility index (Phi) is 5.11. The van der Waals surface area contributed by atoms with Gasteiger partial charge in [-0.15, -0.1) is 0 Å². The molecule has 7 heteroatoms. The molecule has 0 aromatic heterocycles. The van der Waals surface area contributed by atoms with Crippen LogP contribution < -0.4 is 9.88 Å². The second-order valence-electron chi connectivity index (χ2n) is 6.38. The van der Waals surface area contributed by atoms with Crippen LogP contribution in [0.3, 0.4) is 0 Å². The molecule has 2 N–H and O–H groups in total. The van der Waals surface area contributed by atoms with Crippen LogP contribution in [0.1, 0.15) is 13.8 Å². The Morgan fingerprint density at radius 1 is 1.23 bits per heavy atom. The molecule has 124 valence electrons. The molecule has 1 aromatic carbocycles. The van der Waals surface area contributed by atoms with E-state index in [2.05, 4.69) is 30.7 Å². The van der Waals surface area contributed by atoms with E-state index in [0.717, 1.165) is 26.2 Å². The molecule has 1 saturated heterocycles. The first-order valence-electron chi connectivity index (χ1n) is 7.38. The van der Waals surface area contributed by atoms with E-state index in [-0.39, 0.29) is 10.4 Å². The van der Waals surface area contributed by atoms with E-state index in [9.17, 15) is 8.42 Å². The summed E-state index contributed by atoms with van der Waals surface area (Å²) in [6.45, 7) is 9.02. The average Bonchev–Trinajstić information content (AvgIpc) is 2.42. The van der Waals surface area contributed by atoms with Gasteiger partial charge in [-0.2, -0.15) is 0 Å². The summed E-state index contributed by atoms with van der Waals surface area (Å²) in [6.07, 6.45) is 0. The van der Waals surface area contributed by atoms with Crippen LogP contribution in [0.5, 0.6) is 5.75 Å². The minimum Gasteiger partial charge on any atom is -0.492 e. The summed E-state index contributed by atoms with van der Waals surface area (Å²) in [7, 11) is -1.49. The molecule has 0 amide bonds. The van der Waals surface area contributed by atoms with E-state index in [4.69, 9.17) is 9.88 Å². The molecule has 2 rings (SSSR count). The monoisotopic (exact) mass is 327 g/mol. The van der Waals surface area contributed by atoms with Crippen LogP contribution in [0.15, 0.2) is 29.2 Å². The highest BCUT2D eigenvalue weighted by molar-refractivity contribution is 7.89. The van der Waals surface area contributed by atoms with Crippen molar-refractivity contribution in [2.45, 2.75) is 24.3 Å². The lowest BCUT2D eigenvalue weighted by Crippen LogP contribution is -2.58. The molecule has 1 heterocycles. The largest absolute Gasteiger partial charge is 0.492 e. The SMILES string of the molecule is CN1CCN(CCOc2ccc(S(N)(=O)=O)cc2)CC1(C)C. The van der Waals surface area contributed by atoms with Crippen molar-refractivity contribution in [2.75, 3.05) is 39.8 Å². The van der Waals surface area contributed by atoms with Gasteiger partial charge in [-0.1, -0.05) is 0 Å². The Morgan fingerprint density at radius 3 is 2.41 bits per heavy atom. The lowest BCUT2D eigenvalue weighted by Gasteiger charge is -2.45. The molecular weight excluding hydrogens is 302 g/mol. The van der Waals surface area contributed by atoms with Crippen molar-refractivity contribution in [2.24, 2.45) is 5.14 Å². The van der Waals surface area contributed by atoms with Crippen molar-refractivity contribution in [3.05, 3.63) is 24.3 Å². The van der Waals surface area contributed by atoms with E-state index < -0.39 is 10.0 Å². The number of benzene rings is 1. The van der Waals surface area contributed by atoms with Gasteiger partial charge >= 0.3 is 0 Å². The van der Waals surface area contributed by atoms with E-state index in [1.807, 2.05) is 0 Å². The summed E-state index contributed by atoms with van der Waals surface area (Å²) < 4.78 is 28.0. The third kappa shape index (κ3) is 4.42. The number of nitrogens with two attached hydrogens (primary N) is 1. The summed E-state index contributed by atoms with van der Waals surface area (Å²) in [5.41, 5.74) is 0.176. The highest BCUT2D eigenvalue weighted by Gasteiger charge is 2.30. The van der Waals surface area contributed by atoms with Crippen LogP contribution in [0.4, 0.5) is 0 Å². The summed E-state index contributed by atoms with van der Waals surface area (Å²) in [5, 5.41) is 5.06. The number of rotatable bonds is 5. The van der Waals surface area contributed by atoms with Crippen molar-refractivity contribution in [3.63, 3.8) is 0 Å². The van der Waals surface area contributed by atoms with Gasteiger partial charge in [0.25, 0.3) is 0 Å². The first-order chi connectivity index (χ1) is 10.2. The zero-order valence-corrected chi connectivity index (χ0v) is 14.3. The number of likely N-dealkylation sites (N-methyl/N-ethyl adjacent to an activating group) is 1. The van der Waals surface area contributed by atoms with Gasteiger partial charge in [0.05, 0.1) is 4.90 Å². The van der Waals surface area contributed by atoms with E-state index in [1.54, 1.807) is 12.1 Å². The van der Waals surface area contributed by atoms with Crippen LogP contribution in [-0.2, 0) is 10.0 Å². The van der Waals surface area contributed by atoms with Gasteiger partial charge in [-0.3, -0.25) is 9.80 Å². The number of sulfonamides is 1. The molecule has 6 nitrogen and oxygen atoms in total. The zero-order valence-electron chi connectivity index (χ0n) is 13.4. The van der Waals surface area contributed by atoms with Crippen molar-refractivity contribution in [1.29, 1.82) is 0 Å². The third-order valence-electron chi connectivity index (χ3n) is 4.22. The molecule has 1 aromatic rings. The predicted molar refractivity (Wildman–Crippen MR) is 86.5 cm³/mol. The fraction of sp³-hybridized carbons (Fsp3) is 0.600. The smallest absolute Gasteiger partial charge is 0.238 e. The molecule has 1 aliphatic rings. The first kappa shape index (κ1) is 17.2. The summed E-state index contributed by atoms with van der Waals surface area (Å²) in [5.74, 6) is 0.654. The molecule has 0 atom stereocenters. The maximum atomic E-state index is 11.2. The highest BCUT2D eigenvalue weighted by atomic mass is 32.2. The van der Waals surface area contributed by atoms with Crippen LogP contribution in [0, 0.1) is 0 Å². The van der Waals surface area contributed by atoms with Gasteiger partial charge in [0.1, 0.15) is 12.4 Å². The topological polar surface area (TPSA) is 75.9 Å². The van der Waals surface area contributed by atoms with Crippen LogP contribution in [0.25, 0.3) is 0 Å². The molecule has 0 spiro atoms. The van der Waals surface area contributed by atoms with Crippen LogP contribution in [0.2, 0.25) is 0 Å². The van der Waals surface area contributed by atoms with Gasteiger partial charge in [0.2, 0.25) is 10.0 Å². The number of piperazine rings is 1. The van der Waals surface area contributed by atoms with Crippen molar-refractivity contribution < 1.29 is 13.2 Å². The highest BCUT2D eigenvalue weighted by Crippen LogP contribution is 2.19.